The molecule has 0 aliphatic carbocycles. The zero-order valence-corrected chi connectivity index (χ0v) is 22.0. The van der Waals surface area contributed by atoms with Gasteiger partial charge in [0.15, 0.2) is 5.52 Å². The molecule has 0 atom stereocenters. The third kappa shape index (κ3) is 5.93. The van der Waals surface area contributed by atoms with Crippen molar-refractivity contribution < 1.29 is 14.6 Å². The average Bonchev–Trinajstić information content (AvgIpc) is 3.22. The van der Waals surface area contributed by atoms with E-state index in [1.165, 1.54) is 6.20 Å². The number of carbonyl (C=O) groups excluding carboxylic acids is 1. The first-order valence-corrected chi connectivity index (χ1v) is 12.5. The van der Waals surface area contributed by atoms with E-state index in [4.69, 9.17) is 27.9 Å². The molecule has 1 fully saturated rings. The van der Waals surface area contributed by atoms with Crippen molar-refractivity contribution in [2.24, 2.45) is 5.41 Å². The highest BCUT2D eigenvalue weighted by Crippen LogP contribution is 2.34. The number of aliphatic hydroxyl groups excluding tert-OH is 1. The Balaban J connectivity index is 1.46. The van der Waals surface area contributed by atoms with Gasteiger partial charge in [0, 0.05) is 31.6 Å². The molecule has 0 radical (unpaired) electrons. The lowest BCUT2D eigenvalue weighted by Gasteiger charge is -2.40. The fourth-order valence-electron chi connectivity index (χ4n) is 4.22. The number of fused-ring (bicyclic) bond motifs is 1. The van der Waals surface area contributed by atoms with Crippen LogP contribution in [0.3, 0.4) is 0 Å². The van der Waals surface area contributed by atoms with Gasteiger partial charge in [0.05, 0.1) is 22.8 Å². The number of likely N-dealkylation sites (tertiary alicyclic amines) is 1. The molecule has 3 N–H and O–H groups in total. The van der Waals surface area contributed by atoms with Gasteiger partial charge in [-0.25, -0.2) is 9.78 Å². The summed E-state index contributed by atoms with van der Waals surface area (Å²) >= 11 is 12.0. The molecule has 1 saturated heterocycles. The largest absolute Gasteiger partial charge is 0.444 e. The summed E-state index contributed by atoms with van der Waals surface area (Å²) in [6.45, 7) is 7.01. The van der Waals surface area contributed by atoms with Crippen LogP contribution in [0.4, 0.5) is 10.7 Å². The highest BCUT2D eigenvalue weighted by Gasteiger charge is 2.38. The first-order chi connectivity index (χ1) is 17.0. The number of carbonyl (C=O) groups is 1. The second-order valence-corrected chi connectivity index (χ2v) is 11.0. The summed E-state index contributed by atoms with van der Waals surface area (Å²) in [6.07, 6.45) is 2.29. The molecule has 3 heterocycles. The van der Waals surface area contributed by atoms with Crippen molar-refractivity contribution in [1.82, 2.24) is 24.6 Å². The van der Waals surface area contributed by atoms with Crippen molar-refractivity contribution in [1.29, 1.82) is 0 Å². The zero-order valence-electron chi connectivity index (χ0n) is 20.5. The maximum atomic E-state index is 12.9. The first-order valence-electron chi connectivity index (χ1n) is 11.7. The molecule has 0 spiro atoms. The van der Waals surface area contributed by atoms with Gasteiger partial charge >= 0.3 is 6.09 Å². The Hall–Kier alpha value is -2.82. The number of halogens is 2. The number of aliphatic hydroxyl groups is 1. The summed E-state index contributed by atoms with van der Waals surface area (Å²) < 4.78 is 7.05. The topological polar surface area (TPSA) is 125 Å². The standard InChI is InChI=1S/C24H30Cl2N6O4/c1-23(2,3)36-22(35)31-8-6-24(14-33,7-9-31)13-32-19-18(12-28-32)29-21(30-20(19)34)27-11-15-4-5-16(25)17(26)10-15/h4-5,10,12,33H,6-9,11,13-14H2,1-3H3,(H2,27,29,30,34). The molecule has 1 aliphatic rings. The number of hydrogen-bond donors (Lipinski definition) is 3. The van der Waals surface area contributed by atoms with Crippen LogP contribution in [-0.2, 0) is 17.8 Å². The van der Waals surface area contributed by atoms with Crippen molar-refractivity contribution in [2.75, 3.05) is 25.0 Å². The van der Waals surface area contributed by atoms with Gasteiger partial charge in [-0.05, 0) is 51.3 Å². The molecular weight excluding hydrogens is 507 g/mol. The van der Waals surface area contributed by atoms with E-state index in [9.17, 15) is 14.7 Å². The van der Waals surface area contributed by atoms with E-state index in [0.29, 0.717) is 66.0 Å². The van der Waals surface area contributed by atoms with Crippen LogP contribution in [0.2, 0.25) is 10.0 Å². The van der Waals surface area contributed by atoms with Crippen molar-refractivity contribution in [2.45, 2.75) is 52.3 Å². The lowest BCUT2D eigenvalue weighted by atomic mass is 9.79. The average molecular weight is 537 g/mol. The number of nitrogens with one attached hydrogen (secondary N) is 2. The molecule has 1 amide bonds. The summed E-state index contributed by atoms with van der Waals surface area (Å²) in [5.74, 6) is 0.306. The van der Waals surface area contributed by atoms with Gasteiger partial charge in [0.1, 0.15) is 11.1 Å². The minimum absolute atomic E-state index is 0.0921. The third-order valence-electron chi connectivity index (χ3n) is 6.24. The Labute approximate surface area is 218 Å². The molecule has 0 bridgehead atoms. The van der Waals surface area contributed by atoms with E-state index < -0.39 is 11.0 Å². The molecule has 1 aromatic carbocycles. The van der Waals surface area contributed by atoms with Crippen LogP contribution < -0.4 is 10.9 Å². The lowest BCUT2D eigenvalue weighted by molar-refractivity contribution is -0.00546. The lowest BCUT2D eigenvalue weighted by Crippen LogP contribution is -2.48. The van der Waals surface area contributed by atoms with Gasteiger partial charge in [0.25, 0.3) is 5.56 Å². The van der Waals surface area contributed by atoms with Crippen molar-refractivity contribution >= 4 is 46.3 Å². The van der Waals surface area contributed by atoms with E-state index in [2.05, 4.69) is 20.4 Å². The number of hydrogen-bond acceptors (Lipinski definition) is 7. The number of H-pyrrole nitrogens is 1. The monoisotopic (exact) mass is 536 g/mol. The number of amides is 1. The Morgan fingerprint density at radius 1 is 1.25 bits per heavy atom. The highest BCUT2D eigenvalue weighted by atomic mass is 35.5. The van der Waals surface area contributed by atoms with Crippen LogP contribution in [0.1, 0.15) is 39.2 Å². The predicted octanol–water partition coefficient (Wildman–Crippen LogP) is 4.05. The van der Waals surface area contributed by atoms with E-state index in [-0.39, 0.29) is 18.3 Å². The summed E-state index contributed by atoms with van der Waals surface area (Å²) in [5.41, 5.74) is 0.223. The quantitative estimate of drug-likeness (QED) is 0.433. The minimum Gasteiger partial charge on any atom is -0.444 e. The second-order valence-electron chi connectivity index (χ2n) is 10.2. The zero-order chi connectivity index (χ0) is 26.1. The molecule has 2 aromatic heterocycles. The smallest absolute Gasteiger partial charge is 0.410 e. The predicted molar refractivity (Wildman–Crippen MR) is 138 cm³/mol. The molecule has 0 saturated carbocycles. The number of nitrogens with zero attached hydrogens (tertiary/aromatic N) is 4. The number of ether oxygens (including phenoxy) is 1. The van der Waals surface area contributed by atoms with Gasteiger partial charge in [-0.2, -0.15) is 5.10 Å². The van der Waals surface area contributed by atoms with Crippen LogP contribution in [0.15, 0.2) is 29.2 Å². The van der Waals surface area contributed by atoms with E-state index in [1.807, 2.05) is 26.8 Å². The number of anilines is 1. The fraction of sp³-hybridized carbons (Fsp3) is 0.500. The third-order valence-corrected chi connectivity index (χ3v) is 6.98. The maximum absolute atomic E-state index is 12.9. The molecule has 36 heavy (non-hydrogen) atoms. The van der Waals surface area contributed by atoms with Gasteiger partial charge < -0.3 is 20.1 Å². The van der Waals surface area contributed by atoms with E-state index in [0.717, 1.165) is 5.56 Å². The second kappa shape index (κ2) is 10.3. The summed E-state index contributed by atoms with van der Waals surface area (Å²) in [7, 11) is 0. The Kier molecular flexibility index (Phi) is 7.49. The summed E-state index contributed by atoms with van der Waals surface area (Å²) in [6, 6.07) is 5.28. The van der Waals surface area contributed by atoms with Crippen LogP contribution in [0, 0.1) is 5.41 Å². The minimum atomic E-state index is -0.569. The number of aromatic nitrogens is 4. The molecule has 1 aliphatic heterocycles. The number of benzene rings is 1. The summed E-state index contributed by atoms with van der Waals surface area (Å²) in [4.78, 5) is 34.2. The van der Waals surface area contributed by atoms with Crippen LogP contribution in [0.25, 0.3) is 11.0 Å². The Morgan fingerprint density at radius 2 is 1.97 bits per heavy atom. The van der Waals surface area contributed by atoms with Gasteiger partial charge in [0.2, 0.25) is 5.95 Å². The van der Waals surface area contributed by atoms with Crippen molar-refractivity contribution in [3.05, 3.63) is 50.4 Å². The Bertz CT molecular complexity index is 1310. The molecule has 194 valence electrons. The van der Waals surface area contributed by atoms with Gasteiger partial charge in [-0.15, -0.1) is 0 Å². The van der Waals surface area contributed by atoms with E-state index in [1.54, 1.807) is 21.7 Å². The molecule has 3 aromatic rings. The number of piperidine rings is 1. The SMILES string of the molecule is CC(C)(C)OC(=O)N1CCC(CO)(Cn2ncc3nc(NCc4ccc(Cl)c(Cl)c4)[nH]c(=O)c32)CC1. The molecule has 12 heteroatoms. The van der Waals surface area contributed by atoms with Gasteiger partial charge in [-0.3, -0.25) is 14.5 Å². The van der Waals surface area contributed by atoms with Crippen LogP contribution >= 0.6 is 23.2 Å². The fourth-order valence-corrected chi connectivity index (χ4v) is 4.54. The Morgan fingerprint density at radius 3 is 2.61 bits per heavy atom. The van der Waals surface area contributed by atoms with Crippen LogP contribution in [-0.4, -0.2) is 61.1 Å². The normalized spacial score (nSPS) is 15.8. The van der Waals surface area contributed by atoms with E-state index >= 15 is 0 Å². The van der Waals surface area contributed by atoms with Gasteiger partial charge in [-0.1, -0.05) is 29.3 Å². The first kappa shape index (κ1) is 26.2. The number of aromatic amines is 1. The highest BCUT2D eigenvalue weighted by molar-refractivity contribution is 6.42. The molecule has 4 rings (SSSR count). The van der Waals surface area contributed by atoms with Crippen molar-refractivity contribution in [3.8, 4) is 0 Å². The molecule has 10 nitrogen and oxygen atoms in total. The summed E-state index contributed by atoms with van der Waals surface area (Å²) in [5, 5.41) is 18.6. The maximum Gasteiger partial charge on any atom is 0.410 e. The van der Waals surface area contributed by atoms with Crippen LogP contribution in [0.5, 0.6) is 0 Å². The van der Waals surface area contributed by atoms with Crippen molar-refractivity contribution in [3.63, 3.8) is 0 Å². The number of rotatable bonds is 6. The molecular formula is C24H30Cl2N6O4. The molecule has 0 unspecified atom stereocenters.